The molecule has 0 unspecified atom stereocenters. The van der Waals surface area contributed by atoms with E-state index in [1.165, 1.54) is 0 Å². The van der Waals surface area contributed by atoms with Crippen molar-refractivity contribution < 1.29 is 10.2 Å². The molecule has 2 aromatic rings. The van der Waals surface area contributed by atoms with Gasteiger partial charge in [0.25, 0.3) is 0 Å². The van der Waals surface area contributed by atoms with Gasteiger partial charge in [0.15, 0.2) is 0 Å². The number of rotatable bonds is 2. The fraction of sp³-hybridized carbons (Fsp3) is 0.133. The number of aromatic hydroxyl groups is 2. The van der Waals surface area contributed by atoms with Crippen LogP contribution in [-0.2, 0) is 0 Å². The molecular formula is C15H14N2O2. The Morgan fingerprint density at radius 3 is 2.37 bits per heavy atom. The highest BCUT2D eigenvalue weighted by molar-refractivity contribution is 6.03. The third-order valence-electron chi connectivity index (χ3n) is 3.28. The topological polar surface area (TPSA) is 64.9 Å². The zero-order valence-electron chi connectivity index (χ0n) is 10.2. The summed E-state index contributed by atoms with van der Waals surface area (Å²) < 4.78 is 0. The molecule has 0 fully saturated rings. The lowest BCUT2D eigenvalue weighted by Crippen LogP contribution is -2.10. The lowest BCUT2D eigenvalue weighted by atomic mass is 9.98. The lowest BCUT2D eigenvalue weighted by molar-refractivity contribution is 0.455. The number of nitrogens with zero attached hydrogens (tertiary/aromatic N) is 1. The molecule has 0 aliphatic carbocycles. The smallest absolute Gasteiger partial charge is 0.124 e. The molecule has 0 bridgehead atoms. The molecule has 19 heavy (non-hydrogen) atoms. The minimum absolute atomic E-state index is 0.0594. The van der Waals surface area contributed by atoms with Crippen molar-refractivity contribution in [3.05, 3.63) is 59.7 Å². The molecule has 1 atom stereocenters. The SMILES string of the molecule is Oc1ccccc1C1=NN[C@H](c2ccccc2O)C1. The van der Waals surface area contributed by atoms with Gasteiger partial charge in [-0.25, -0.2) is 0 Å². The highest BCUT2D eigenvalue weighted by Crippen LogP contribution is 2.31. The summed E-state index contributed by atoms with van der Waals surface area (Å²) in [7, 11) is 0. The van der Waals surface area contributed by atoms with E-state index in [0.29, 0.717) is 6.42 Å². The molecule has 0 amide bonds. The van der Waals surface area contributed by atoms with Crippen LogP contribution in [-0.4, -0.2) is 15.9 Å². The second kappa shape index (κ2) is 4.65. The Labute approximate surface area is 111 Å². The van der Waals surface area contributed by atoms with Gasteiger partial charge in [0.1, 0.15) is 11.5 Å². The quantitative estimate of drug-likeness (QED) is 0.771. The molecule has 0 saturated carbocycles. The highest BCUT2D eigenvalue weighted by Gasteiger charge is 2.24. The number of phenols is 2. The summed E-state index contributed by atoms with van der Waals surface area (Å²) in [6, 6.07) is 14.3. The third-order valence-corrected chi connectivity index (χ3v) is 3.28. The molecule has 1 aliphatic heterocycles. The van der Waals surface area contributed by atoms with Gasteiger partial charge < -0.3 is 15.6 Å². The minimum Gasteiger partial charge on any atom is -0.508 e. The van der Waals surface area contributed by atoms with Gasteiger partial charge in [0.2, 0.25) is 0 Å². The monoisotopic (exact) mass is 254 g/mol. The Balaban J connectivity index is 1.85. The van der Waals surface area contributed by atoms with Crippen LogP contribution in [0, 0.1) is 0 Å². The number of benzene rings is 2. The molecule has 4 nitrogen and oxygen atoms in total. The van der Waals surface area contributed by atoms with Gasteiger partial charge in [0.05, 0.1) is 11.8 Å². The first-order chi connectivity index (χ1) is 9.25. The number of nitrogens with one attached hydrogen (secondary N) is 1. The Bertz CT molecular complexity index is 638. The van der Waals surface area contributed by atoms with Gasteiger partial charge in [-0.1, -0.05) is 30.3 Å². The molecule has 3 N–H and O–H groups in total. The molecule has 96 valence electrons. The van der Waals surface area contributed by atoms with Gasteiger partial charge in [0, 0.05) is 17.5 Å². The van der Waals surface area contributed by atoms with Crippen LogP contribution >= 0.6 is 0 Å². The predicted molar refractivity (Wildman–Crippen MR) is 73.2 cm³/mol. The second-order valence-electron chi connectivity index (χ2n) is 4.52. The van der Waals surface area contributed by atoms with E-state index in [1.807, 2.05) is 24.3 Å². The Morgan fingerprint density at radius 1 is 0.947 bits per heavy atom. The van der Waals surface area contributed by atoms with Crippen molar-refractivity contribution in [2.24, 2.45) is 5.10 Å². The lowest BCUT2D eigenvalue weighted by Gasteiger charge is -2.11. The van der Waals surface area contributed by atoms with Crippen molar-refractivity contribution in [1.29, 1.82) is 0 Å². The van der Waals surface area contributed by atoms with E-state index in [4.69, 9.17) is 0 Å². The molecule has 2 aromatic carbocycles. The van der Waals surface area contributed by atoms with E-state index in [0.717, 1.165) is 16.8 Å². The number of hydrogen-bond acceptors (Lipinski definition) is 4. The van der Waals surface area contributed by atoms with Gasteiger partial charge >= 0.3 is 0 Å². The maximum atomic E-state index is 9.84. The number of phenolic OH excluding ortho intramolecular Hbond substituents is 2. The van der Waals surface area contributed by atoms with Gasteiger partial charge in [-0.15, -0.1) is 0 Å². The first-order valence-electron chi connectivity index (χ1n) is 6.14. The van der Waals surface area contributed by atoms with Crippen LogP contribution in [0.25, 0.3) is 0 Å². The van der Waals surface area contributed by atoms with Crippen LogP contribution in [0.15, 0.2) is 53.6 Å². The average molecular weight is 254 g/mol. The fourth-order valence-corrected chi connectivity index (χ4v) is 2.29. The highest BCUT2D eigenvalue weighted by atomic mass is 16.3. The number of hydrogen-bond donors (Lipinski definition) is 3. The first kappa shape index (κ1) is 11.6. The van der Waals surface area contributed by atoms with E-state index in [2.05, 4.69) is 10.5 Å². The van der Waals surface area contributed by atoms with Crippen molar-refractivity contribution in [3.8, 4) is 11.5 Å². The Kier molecular flexibility index (Phi) is 2.83. The van der Waals surface area contributed by atoms with Crippen LogP contribution in [0.2, 0.25) is 0 Å². The molecule has 1 heterocycles. The Hall–Kier alpha value is -2.49. The fourth-order valence-electron chi connectivity index (χ4n) is 2.29. The normalized spacial score (nSPS) is 17.9. The van der Waals surface area contributed by atoms with Crippen molar-refractivity contribution in [1.82, 2.24) is 5.43 Å². The molecule has 3 rings (SSSR count). The molecule has 0 aromatic heterocycles. The zero-order valence-corrected chi connectivity index (χ0v) is 10.2. The summed E-state index contributed by atoms with van der Waals surface area (Å²) in [5, 5.41) is 23.9. The second-order valence-corrected chi connectivity index (χ2v) is 4.52. The molecule has 0 spiro atoms. The van der Waals surface area contributed by atoms with Crippen molar-refractivity contribution in [2.75, 3.05) is 0 Å². The van der Waals surface area contributed by atoms with Crippen molar-refractivity contribution in [2.45, 2.75) is 12.5 Å². The maximum Gasteiger partial charge on any atom is 0.124 e. The van der Waals surface area contributed by atoms with Crippen LogP contribution in [0.5, 0.6) is 11.5 Å². The summed E-state index contributed by atoms with van der Waals surface area (Å²) in [6.07, 6.45) is 0.634. The first-order valence-corrected chi connectivity index (χ1v) is 6.14. The van der Waals surface area contributed by atoms with Crippen LogP contribution in [0.3, 0.4) is 0 Å². The molecule has 4 heteroatoms. The summed E-state index contributed by atoms with van der Waals surface area (Å²) in [4.78, 5) is 0. The third kappa shape index (κ3) is 2.12. The van der Waals surface area contributed by atoms with E-state index < -0.39 is 0 Å². The predicted octanol–water partition coefficient (Wildman–Crippen LogP) is 2.54. The van der Waals surface area contributed by atoms with Gasteiger partial charge in [-0.05, 0) is 18.2 Å². The van der Waals surface area contributed by atoms with Gasteiger partial charge in [-0.2, -0.15) is 5.10 Å². The van der Waals surface area contributed by atoms with Crippen LogP contribution < -0.4 is 5.43 Å². The van der Waals surface area contributed by atoms with Crippen LogP contribution in [0.1, 0.15) is 23.6 Å². The standard InChI is InChI=1S/C15H14N2O2/c18-14-7-3-1-5-10(14)12-9-13(17-16-12)11-6-2-4-8-15(11)19/h1-8,12,16,18-19H,9H2/t12-/m0/s1. The summed E-state index contributed by atoms with van der Waals surface area (Å²) >= 11 is 0. The summed E-state index contributed by atoms with van der Waals surface area (Å²) in [5.74, 6) is 0.481. The van der Waals surface area contributed by atoms with Gasteiger partial charge in [-0.3, -0.25) is 0 Å². The van der Waals surface area contributed by atoms with Crippen LogP contribution in [0.4, 0.5) is 0 Å². The van der Waals surface area contributed by atoms with E-state index in [9.17, 15) is 10.2 Å². The molecule has 0 radical (unpaired) electrons. The minimum atomic E-state index is -0.0594. The summed E-state index contributed by atoms with van der Waals surface area (Å²) in [6.45, 7) is 0. The largest absolute Gasteiger partial charge is 0.508 e. The maximum absolute atomic E-state index is 9.84. The molecule has 0 saturated heterocycles. The van der Waals surface area contributed by atoms with E-state index in [-0.39, 0.29) is 17.5 Å². The van der Waals surface area contributed by atoms with E-state index in [1.54, 1.807) is 24.3 Å². The number of hydrazone groups is 1. The zero-order chi connectivity index (χ0) is 13.2. The van der Waals surface area contributed by atoms with Crippen molar-refractivity contribution >= 4 is 5.71 Å². The average Bonchev–Trinajstić information content (AvgIpc) is 2.89. The Morgan fingerprint density at radius 2 is 1.63 bits per heavy atom. The molecule has 1 aliphatic rings. The molecular weight excluding hydrogens is 240 g/mol. The van der Waals surface area contributed by atoms with Crippen molar-refractivity contribution in [3.63, 3.8) is 0 Å². The van der Waals surface area contributed by atoms with E-state index >= 15 is 0 Å². The number of para-hydroxylation sites is 2. The summed E-state index contributed by atoms with van der Waals surface area (Å²) in [5.41, 5.74) is 5.35.